The van der Waals surface area contributed by atoms with Gasteiger partial charge in [-0.3, -0.25) is 15.1 Å². The standard InChI is InChI=1S/C5H4N2O2.CH4/c8-7(9)5-2-1-3-6-4-5;/h1-4H;1H4. The van der Waals surface area contributed by atoms with Crippen molar-refractivity contribution in [3.8, 4) is 0 Å². The topological polar surface area (TPSA) is 56.0 Å². The highest BCUT2D eigenvalue weighted by atomic mass is 16.6. The summed E-state index contributed by atoms with van der Waals surface area (Å²) < 4.78 is 0. The van der Waals surface area contributed by atoms with Crippen molar-refractivity contribution < 1.29 is 4.92 Å². The summed E-state index contributed by atoms with van der Waals surface area (Å²) in [4.78, 5) is 13.1. The maximum absolute atomic E-state index is 9.97. The average molecular weight is 140 g/mol. The fourth-order valence-corrected chi connectivity index (χ4v) is 0.462. The molecule has 0 aromatic carbocycles. The fourth-order valence-electron chi connectivity index (χ4n) is 0.462. The molecule has 0 radical (unpaired) electrons. The summed E-state index contributed by atoms with van der Waals surface area (Å²) in [7, 11) is 0. The molecule has 1 aromatic heterocycles. The molecule has 0 amide bonds. The Morgan fingerprint density at radius 3 is 2.60 bits per heavy atom. The van der Waals surface area contributed by atoms with Gasteiger partial charge in [0.15, 0.2) is 0 Å². The molecule has 54 valence electrons. The van der Waals surface area contributed by atoms with Gasteiger partial charge in [0.25, 0.3) is 5.69 Å². The number of hydrogen-bond acceptors (Lipinski definition) is 3. The molecule has 4 heteroatoms. The van der Waals surface area contributed by atoms with Crippen LogP contribution in [0.25, 0.3) is 0 Å². The number of nitro groups is 1. The van der Waals surface area contributed by atoms with Crippen molar-refractivity contribution in [3.63, 3.8) is 0 Å². The zero-order valence-corrected chi connectivity index (χ0v) is 4.52. The van der Waals surface area contributed by atoms with Crippen LogP contribution in [0.4, 0.5) is 5.69 Å². The lowest BCUT2D eigenvalue weighted by Gasteiger charge is -1.84. The Bertz CT molecular complexity index is 210. The minimum absolute atomic E-state index is 0. The normalized spacial score (nSPS) is 8.00. The van der Waals surface area contributed by atoms with Crippen LogP contribution in [-0.2, 0) is 0 Å². The Labute approximate surface area is 58.7 Å². The molecule has 1 aromatic rings. The second-order valence-corrected chi connectivity index (χ2v) is 1.47. The van der Waals surface area contributed by atoms with Gasteiger partial charge in [0.2, 0.25) is 0 Å². The number of pyridine rings is 1. The van der Waals surface area contributed by atoms with Gasteiger partial charge in [-0.05, 0) is 6.07 Å². The van der Waals surface area contributed by atoms with E-state index in [1.54, 1.807) is 0 Å². The van der Waals surface area contributed by atoms with Crippen LogP contribution >= 0.6 is 0 Å². The molecule has 10 heavy (non-hydrogen) atoms. The first-order valence-electron chi connectivity index (χ1n) is 2.35. The fraction of sp³-hybridized carbons (Fsp3) is 0.167. The van der Waals surface area contributed by atoms with E-state index in [0.29, 0.717) is 0 Å². The van der Waals surface area contributed by atoms with Crippen LogP contribution in [-0.4, -0.2) is 9.91 Å². The zero-order chi connectivity index (χ0) is 6.69. The summed E-state index contributed by atoms with van der Waals surface area (Å²) in [6.45, 7) is 0. The summed E-state index contributed by atoms with van der Waals surface area (Å²) in [6, 6.07) is 2.92. The average Bonchev–Trinajstić information content (AvgIpc) is 1.90. The molecule has 0 saturated heterocycles. The van der Waals surface area contributed by atoms with Crippen LogP contribution in [0, 0.1) is 10.1 Å². The largest absolute Gasteiger partial charge is 0.287 e. The molecule has 0 spiro atoms. The van der Waals surface area contributed by atoms with Crippen LogP contribution in [0.1, 0.15) is 7.43 Å². The third-order valence-corrected chi connectivity index (χ3v) is 0.857. The molecule has 0 bridgehead atoms. The van der Waals surface area contributed by atoms with Gasteiger partial charge >= 0.3 is 0 Å². The van der Waals surface area contributed by atoms with E-state index in [4.69, 9.17) is 0 Å². The molecule has 1 heterocycles. The van der Waals surface area contributed by atoms with Crippen molar-refractivity contribution in [2.75, 3.05) is 0 Å². The molecule has 0 unspecified atom stereocenters. The smallest absolute Gasteiger partial charge is 0.258 e. The van der Waals surface area contributed by atoms with Crippen molar-refractivity contribution in [1.82, 2.24) is 4.98 Å². The Morgan fingerprint density at radius 2 is 2.30 bits per heavy atom. The van der Waals surface area contributed by atoms with Crippen LogP contribution in [0.3, 0.4) is 0 Å². The molecule has 0 aliphatic heterocycles. The third-order valence-electron chi connectivity index (χ3n) is 0.857. The predicted molar refractivity (Wildman–Crippen MR) is 37.6 cm³/mol. The molecule has 0 fully saturated rings. The summed E-state index contributed by atoms with van der Waals surface area (Å²) in [5.74, 6) is 0. The van der Waals surface area contributed by atoms with Gasteiger partial charge in [-0.2, -0.15) is 0 Å². The van der Waals surface area contributed by atoms with Crippen molar-refractivity contribution in [2.45, 2.75) is 7.43 Å². The Balaban J connectivity index is 0.000000810. The lowest BCUT2D eigenvalue weighted by Crippen LogP contribution is -1.86. The lowest BCUT2D eigenvalue weighted by atomic mass is 10.4. The molecule has 0 N–H and O–H groups in total. The summed E-state index contributed by atoms with van der Waals surface area (Å²) in [5, 5.41) is 9.97. The number of aromatic nitrogens is 1. The molecule has 0 saturated carbocycles. The lowest BCUT2D eigenvalue weighted by molar-refractivity contribution is -0.385. The van der Waals surface area contributed by atoms with E-state index >= 15 is 0 Å². The number of nitrogens with zero attached hydrogens (tertiary/aromatic N) is 2. The van der Waals surface area contributed by atoms with E-state index in [2.05, 4.69) is 4.98 Å². The summed E-state index contributed by atoms with van der Waals surface area (Å²) in [5.41, 5.74) is 0.0255. The van der Waals surface area contributed by atoms with Crippen molar-refractivity contribution in [2.24, 2.45) is 0 Å². The molecular weight excluding hydrogens is 132 g/mol. The highest BCUT2D eigenvalue weighted by Crippen LogP contribution is 2.04. The summed E-state index contributed by atoms with van der Waals surface area (Å²) in [6.07, 6.45) is 2.70. The maximum Gasteiger partial charge on any atom is 0.287 e. The van der Waals surface area contributed by atoms with Crippen LogP contribution < -0.4 is 0 Å². The van der Waals surface area contributed by atoms with E-state index in [1.807, 2.05) is 0 Å². The highest BCUT2D eigenvalue weighted by molar-refractivity contribution is 5.23. The van der Waals surface area contributed by atoms with Gasteiger partial charge in [0.1, 0.15) is 6.20 Å². The van der Waals surface area contributed by atoms with Crippen molar-refractivity contribution in [3.05, 3.63) is 34.6 Å². The Hall–Kier alpha value is -1.45. The van der Waals surface area contributed by atoms with Crippen LogP contribution in [0.2, 0.25) is 0 Å². The van der Waals surface area contributed by atoms with E-state index in [0.717, 1.165) is 0 Å². The molecular formula is C6H8N2O2. The second-order valence-electron chi connectivity index (χ2n) is 1.47. The van der Waals surface area contributed by atoms with Gasteiger partial charge in [0, 0.05) is 12.3 Å². The monoisotopic (exact) mass is 140 g/mol. The van der Waals surface area contributed by atoms with E-state index in [9.17, 15) is 10.1 Å². The van der Waals surface area contributed by atoms with Gasteiger partial charge in [0.05, 0.1) is 4.92 Å². The minimum atomic E-state index is -0.479. The van der Waals surface area contributed by atoms with Crippen LogP contribution in [0.5, 0.6) is 0 Å². The SMILES string of the molecule is C.O=[N+]([O-])c1cccnc1. The number of hydrogen-bond donors (Lipinski definition) is 0. The van der Waals surface area contributed by atoms with Crippen molar-refractivity contribution in [1.29, 1.82) is 0 Å². The van der Waals surface area contributed by atoms with Crippen molar-refractivity contribution >= 4 is 5.69 Å². The minimum Gasteiger partial charge on any atom is -0.258 e. The molecule has 0 aliphatic carbocycles. The Morgan fingerprint density at radius 1 is 1.60 bits per heavy atom. The Kier molecular flexibility index (Phi) is 3.04. The maximum atomic E-state index is 9.97. The van der Waals surface area contributed by atoms with Crippen LogP contribution in [0.15, 0.2) is 24.5 Å². The quantitative estimate of drug-likeness (QED) is 0.440. The van der Waals surface area contributed by atoms with Gasteiger partial charge < -0.3 is 0 Å². The number of rotatable bonds is 1. The first kappa shape index (κ1) is 8.55. The third kappa shape index (κ3) is 1.81. The van der Waals surface area contributed by atoms with Gasteiger partial charge in [-0.1, -0.05) is 7.43 Å². The second kappa shape index (κ2) is 3.55. The van der Waals surface area contributed by atoms with E-state index < -0.39 is 4.92 Å². The first-order valence-corrected chi connectivity index (χ1v) is 2.35. The molecule has 0 atom stereocenters. The summed E-state index contributed by atoms with van der Waals surface area (Å²) >= 11 is 0. The zero-order valence-electron chi connectivity index (χ0n) is 4.52. The highest BCUT2D eigenvalue weighted by Gasteiger charge is 1.99. The van der Waals surface area contributed by atoms with E-state index in [1.165, 1.54) is 24.5 Å². The predicted octanol–water partition coefficient (Wildman–Crippen LogP) is 1.63. The first-order chi connectivity index (χ1) is 4.30. The van der Waals surface area contributed by atoms with E-state index in [-0.39, 0.29) is 13.1 Å². The molecule has 4 nitrogen and oxygen atoms in total. The van der Waals surface area contributed by atoms with Gasteiger partial charge in [-0.15, -0.1) is 0 Å². The molecule has 0 aliphatic rings. The molecule has 1 rings (SSSR count). The van der Waals surface area contributed by atoms with Gasteiger partial charge in [-0.25, -0.2) is 0 Å².